The van der Waals surface area contributed by atoms with Crippen LogP contribution in [-0.4, -0.2) is 34.8 Å². The van der Waals surface area contributed by atoms with Crippen LogP contribution in [0.25, 0.3) is 0 Å². The summed E-state index contributed by atoms with van der Waals surface area (Å²) in [5, 5.41) is 13.0. The Labute approximate surface area is 121 Å². The normalized spacial score (nSPS) is 11.8. The van der Waals surface area contributed by atoms with Gasteiger partial charge in [0.15, 0.2) is 5.82 Å². The molecule has 2 aromatic rings. The van der Waals surface area contributed by atoms with E-state index in [1.807, 2.05) is 0 Å². The lowest BCUT2D eigenvalue weighted by molar-refractivity contribution is 0.281. The minimum Gasteiger partial charge on any atom is -0.392 e. The molecule has 1 heterocycles. The van der Waals surface area contributed by atoms with Gasteiger partial charge >= 0.3 is 0 Å². The molecule has 0 radical (unpaired) electrons. The van der Waals surface area contributed by atoms with Crippen LogP contribution in [0.2, 0.25) is 0 Å². The van der Waals surface area contributed by atoms with E-state index < -0.39 is 20.7 Å². The van der Waals surface area contributed by atoms with Gasteiger partial charge in [0.1, 0.15) is 17.0 Å². The number of hydrogen-bond acceptors (Lipinski definition) is 5. The van der Waals surface area contributed by atoms with Crippen molar-refractivity contribution in [3.63, 3.8) is 0 Å². The lowest BCUT2D eigenvalue weighted by Crippen LogP contribution is -2.27. The van der Waals surface area contributed by atoms with Crippen LogP contribution in [0.5, 0.6) is 0 Å². The second-order valence-corrected chi connectivity index (χ2v) is 6.14. The van der Waals surface area contributed by atoms with Gasteiger partial charge in [0.25, 0.3) is 0 Å². The van der Waals surface area contributed by atoms with Crippen molar-refractivity contribution in [1.29, 1.82) is 0 Å². The van der Waals surface area contributed by atoms with Crippen LogP contribution in [0.3, 0.4) is 0 Å². The van der Waals surface area contributed by atoms with Crippen molar-refractivity contribution >= 4 is 10.0 Å². The van der Waals surface area contributed by atoms with E-state index in [2.05, 4.69) is 14.8 Å². The van der Waals surface area contributed by atoms with Gasteiger partial charge in [-0.15, -0.1) is 0 Å². The molecule has 0 spiro atoms. The molecule has 21 heavy (non-hydrogen) atoms. The summed E-state index contributed by atoms with van der Waals surface area (Å²) in [5.74, 6) is -0.375. The number of aliphatic hydroxyl groups excluding tert-OH is 1. The minimum absolute atomic E-state index is 0.0507. The predicted molar refractivity (Wildman–Crippen MR) is 72.2 cm³/mol. The molecule has 0 bridgehead atoms. The molecule has 0 amide bonds. The number of aromatic nitrogens is 3. The van der Waals surface area contributed by atoms with Crippen molar-refractivity contribution in [2.75, 3.05) is 6.54 Å². The van der Waals surface area contributed by atoms with E-state index in [4.69, 9.17) is 5.11 Å². The first-order chi connectivity index (χ1) is 9.92. The molecule has 1 aromatic carbocycles. The maximum atomic E-state index is 13.6. The van der Waals surface area contributed by atoms with Gasteiger partial charge in [-0.3, -0.25) is 4.68 Å². The first kappa shape index (κ1) is 15.5. The summed E-state index contributed by atoms with van der Waals surface area (Å²) < 4.78 is 41.5. The highest BCUT2D eigenvalue weighted by molar-refractivity contribution is 7.89. The van der Waals surface area contributed by atoms with Crippen LogP contribution in [0, 0.1) is 5.82 Å². The molecule has 0 fully saturated rings. The average Bonchev–Trinajstić information content (AvgIpc) is 2.84. The Morgan fingerprint density at radius 1 is 1.43 bits per heavy atom. The molecule has 0 unspecified atom stereocenters. The van der Waals surface area contributed by atoms with Crippen molar-refractivity contribution in [2.45, 2.75) is 17.9 Å². The molecule has 9 heteroatoms. The Bertz CT molecular complexity index is 730. The molecule has 0 aliphatic carbocycles. The lowest BCUT2D eigenvalue weighted by Gasteiger charge is -2.08. The van der Waals surface area contributed by atoms with Crippen LogP contribution in [0.1, 0.15) is 11.4 Å². The molecule has 114 valence electrons. The fourth-order valence-electron chi connectivity index (χ4n) is 1.73. The van der Waals surface area contributed by atoms with Gasteiger partial charge in [0.05, 0.1) is 6.61 Å². The summed E-state index contributed by atoms with van der Waals surface area (Å²) in [6.45, 7) is -0.310. The Balaban J connectivity index is 2.07. The molecule has 1 aromatic heterocycles. The maximum absolute atomic E-state index is 13.6. The van der Waals surface area contributed by atoms with Gasteiger partial charge < -0.3 is 5.11 Å². The maximum Gasteiger partial charge on any atom is 0.243 e. The largest absolute Gasteiger partial charge is 0.392 e. The quantitative estimate of drug-likeness (QED) is 0.780. The Morgan fingerprint density at radius 3 is 2.81 bits per heavy atom. The highest BCUT2D eigenvalue weighted by atomic mass is 32.2. The molecule has 0 aliphatic rings. The highest BCUT2D eigenvalue weighted by Crippen LogP contribution is 2.16. The first-order valence-electron chi connectivity index (χ1n) is 6.16. The molecule has 0 atom stereocenters. The number of rotatable bonds is 6. The van der Waals surface area contributed by atoms with Crippen LogP contribution < -0.4 is 4.72 Å². The molecule has 2 N–H and O–H groups in total. The van der Waals surface area contributed by atoms with Crippen molar-refractivity contribution in [2.24, 2.45) is 7.05 Å². The van der Waals surface area contributed by atoms with Gasteiger partial charge in [0.2, 0.25) is 10.0 Å². The number of halogens is 1. The summed E-state index contributed by atoms with van der Waals surface area (Å²) in [6, 6.07) is 3.45. The Morgan fingerprint density at radius 2 is 2.19 bits per heavy atom. The van der Waals surface area contributed by atoms with Gasteiger partial charge in [-0.2, -0.15) is 5.10 Å². The molecule has 0 aliphatic heterocycles. The summed E-state index contributed by atoms with van der Waals surface area (Å²) in [7, 11) is -2.28. The number of nitrogens with zero attached hydrogens (tertiary/aromatic N) is 3. The van der Waals surface area contributed by atoms with Crippen molar-refractivity contribution in [3.05, 3.63) is 41.7 Å². The molecule has 0 saturated carbocycles. The molecular weight excluding hydrogens is 299 g/mol. The summed E-state index contributed by atoms with van der Waals surface area (Å²) in [5.41, 5.74) is 0.322. The molecular formula is C12H15FN4O3S. The first-order valence-corrected chi connectivity index (χ1v) is 7.64. The second kappa shape index (κ2) is 6.29. The predicted octanol–water partition coefficient (Wildman–Crippen LogP) is -0.0325. The zero-order valence-corrected chi connectivity index (χ0v) is 12.1. The topological polar surface area (TPSA) is 97.1 Å². The van der Waals surface area contributed by atoms with Gasteiger partial charge in [0, 0.05) is 20.0 Å². The van der Waals surface area contributed by atoms with E-state index in [0.717, 1.165) is 12.1 Å². The van der Waals surface area contributed by atoms with Crippen LogP contribution in [-0.2, 0) is 30.1 Å². The van der Waals surface area contributed by atoms with E-state index in [0.29, 0.717) is 17.8 Å². The number of sulfonamides is 1. The molecule has 7 nitrogen and oxygen atoms in total. The highest BCUT2D eigenvalue weighted by Gasteiger charge is 2.19. The summed E-state index contributed by atoms with van der Waals surface area (Å²) in [6.07, 6.45) is 1.80. The third kappa shape index (κ3) is 3.84. The van der Waals surface area contributed by atoms with E-state index in [9.17, 15) is 12.8 Å². The van der Waals surface area contributed by atoms with Crippen molar-refractivity contribution in [1.82, 2.24) is 19.5 Å². The zero-order valence-electron chi connectivity index (χ0n) is 11.3. The number of aliphatic hydroxyl groups is 1. The number of nitrogens with one attached hydrogen (secondary N) is 1. The van der Waals surface area contributed by atoms with Gasteiger partial charge in [-0.1, -0.05) is 6.07 Å². The smallest absolute Gasteiger partial charge is 0.243 e. The van der Waals surface area contributed by atoms with Crippen LogP contribution in [0.15, 0.2) is 29.4 Å². The van der Waals surface area contributed by atoms with E-state index in [1.54, 1.807) is 7.05 Å². The SMILES string of the molecule is Cn1cnc(CCNS(=O)(=O)c2cc(CO)ccc2F)n1. The van der Waals surface area contributed by atoms with Crippen LogP contribution >= 0.6 is 0 Å². The van der Waals surface area contributed by atoms with E-state index in [1.165, 1.54) is 17.1 Å². The lowest BCUT2D eigenvalue weighted by atomic mass is 10.2. The summed E-state index contributed by atoms with van der Waals surface area (Å²) in [4.78, 5) is 3.48. The zero-order chi connectivity index (χ0) is 15.5. The van der Waals surface area contributed by atoms with E-state index in [-0.39, 0.29) is 13.2 Å². The summed E-state index contributed by atoms with van der Waals surface area (Å²) >= 11 is 0. The molecule has 2 rings (SSSR count). The van der Waals surface area contributed by atoms with E-state index >= 15 is 0 Å². The Kier molecular flexibility index (Phi) is 4.66. The molecule has 0 saturated heterocycles. The monoisotopic (exact) mass is 314 g/mol. The van der Waals surface area contributed by atoms with Crippen LogP contribution in [0.4, 0.5) is 4.39 Å². The standard InChI is InChI=1S/C12H15FN4O3S/c1-17-8-14-12(16-17)4-5-15-21(19,20)11-6-9(7-18)2-3-10(11)13/h2-3,6,8,15,18H,4-5,7H2,1H3. The number of hydrogen-bond donors (Lipinski definition) is 2. The average molecular weight is 314 g/mol. The number of aryl methyl sites for hydroxylation is 1. The Hall–Kier alpha value is -1.84. The minimum atomic E-state index is -3.99. The van der Waals surface area contributed by atoms with Crippen molar-refractivity contribution < 1.29 is 17.9 Å². The number of benzene rings is 1. The van der Waals surface area contributed by atoms with Gasteiger partial charge in [-0.25, -0.2) is 22.5 Å². The van der Waals surface area contributed by atoms with Gasteiger partial charge in [-0.05, 0) is 17.7 Å². The second-order valence-electron chi connectivity index (χ2n) is 4.41. The van der Waals surface area contributed by atoms with Crippen molar-refractivity contribution in [3.8, 4) is 0 Å². The third-order valence-corrected chi connectivity index (χ3v) is 4.23. The fourth-order valence-corrected chi connectivity index (χ4v) is 2.88. The third-order valence-electron chi connectivity index (χ3n) is 2.76. The fraction of sp³-hybridized carbons (Fsp3) is 0.333.